The quantitative estimate of drug-likeness (QED) is 0.580. The van der Waals surface area contributed by atoms with Crippen LogP contribution in [0.15, 0.2) is 67.1 Å². The van der Waals surface area contributed by atoms with Gasteiger partial charge in [-0.25, -0.2) is 9.97 Å². The molecular formula is C20H18N4O2. The van der Waals surface area contributed by atoms with Crippen LogP contribution >= 0.6 is 0 Å². The molecule has 0 spiro atoms. The first kappa shape index (κ1) is 16.1. The third-order valence-electron chi connectivity index (χ3n) is 4.15. The Morgan fingerprint density at radius 2 is 1.88 bits per heavy atom. The molecule has 0 saturated heterocycles. The summed E-state index contributed by atoms with van der Waals surface area (Å²) in [5.41, 5.74) is 9.81. The summed E-state index contributed by atoms with van der Waals surface area (Å²) in [6.07, 6.45) is 3.48. The van der Waals surface area contributed by atoms with Crippen molar-refractivity contribution in [3.8, 4) is 22.6 Å². The lowest BCUT2D eigenvalue weighted by molar-refractivity contribution is 0.201. The first-order valence-electron chi connectivity index (χ1n) is 8.29. The number of aliphatic hydroxyl groups is 1. The molecule has 4 rings (SSSR count). The van der Waals surface area contributed by atoms with Gasteiger partial charge in [-0.05, 0) is 17.7 Å². The molecule has 2 aromatic carbocycles. The highest BCUT2D eigenvalue weighted by molar-refractivity contribution is 6.01. The highest BCUT2D eigenvalue weighted by Gasteiger charge is 2.16. The van der Waals surface area contributed by atoms with Crippen LogP contribution in [0.3, 0.4) is 0 Å². The van der Waals surface area contributed by atoms with Gasteiger partial charge in [0.05, 0.1) is 17.7 Å². The average Bonchev–Trinajstić information content (AvgIpc) is 3.08. The Hall–Kier alpha value is -3.38. The molecule has 0 aliphatic carbocycles. The first-order valence-corrected chi connectivity index (χ1v) is 8.29. The largest absolute Gasteiger partial charge is 0.491 e. The molecule has 0 unspecified atom stereocenters. The summed E-state index contributed by atoms with van der Waals surface area (Å²) in [6, 6.07) is 17.7. The number of benzene rings is 2. The van der Waals surface area contributed by atoms with E-state index in [4.69, 9.17) is 15.6 Å². The van der Waals surface area contributed by atoms with Crippen molar-refractivity contribution in [2.24, 2.45) is 0 Å². The minimum absolute atomic E-state index is 0.0292. The minimum Gasteiger partial charge on any atom is -0.491 e. The van der Waals surface area contributed by atoms with E-state index in [1.807, 2.05) is 65.4 Å². The van der Waals surface area contributed by atoms with Gasteiger partial charge in [0.1, 0.15) is 24.5 Å². The lowest BCUT2D eigenvalue weighted by Gasteiger charge is -2.08. The molecule has 4 aromatic rings. The second-order valence-electron chi connectivity index (χ2n) is 5.81. The molecule has 0 bridgehead atoms. The molecule has 0 amide bonds. The predicted octanol–water partition coefficient (Wildman–Crippen LogP) is 3.04. The Bertz CT molecular complexity index is 1040. The minimum atomic E-state index is -0.0292. The van der Waals surface area contributed by atoms with Crippen LogP contribution in [-0.4, -0.2) is 32.9 Å². The van der Waals surface area contributed by atoms with Gasteiger partial charge in [-0.2, -0.15) is 0 Å². The topological polar surface area (TPSA) is 86.2 Å². The normalized spacial score (nSPS) is 11.0. The van der Waals surface area contributed by atoms with Crippen molar-refractivity contribution in [3.63, 3.8) is 0 Å². The van der Waals surface area contributed by atoms with Gasteiger partial charge >= 0.3 is 0 Å². The van der Waals surface area contributed by atoms with Crippen LogP contribution in [-0.2, 0) is 0 Å². The molecule has 0 aliphatic rings. The summed E-state index contributed by atoms with van der Waals surface area (Å²) < 4.78 is 7.50. The highest BCUT2D eigenvalue weighted by atomic mass is 16.5. The number of nitrogens with zero attached hydrogens (tertiary/aromatic N) is 3. The van der Waals surface area contributed by atoms with Crippen LogP contribution in [0.5, 0.6) is 5.75 Å². The molecule has 6 nitrogen and oxygen atoms in total. The van der Waals surface area contributed by atoms with Crippen molar-refractivity contribution in [3.05, 3.63) is 67.1 Å². The SMILES string of the molecule is Nc1ncnc2c1c(-c1ccccc1)cn2-c1cccc(OCCO)c1. The molecule has 26 heavy (non-hydrogen) atoms. The molecule has 0 aliphatic heterocycles. The number of hydrogen-bond donors (Lipinski definition) is 2. The van der Waals surface area contributed by atoms with Gasteiger partial charge in [0.25, 0.3) is 0 Å². The van der Waals surface area contributed by atoms with Gasteiger partial charge in [-0.15, -0.1) is 0 Å². The van der Waals surface area contributed by atoms with Gasteiger partial charge in [0.2, 0.25) is 0 Å². The van der Waals surface area contributed by atoms with Crippen LogP contribution in [0.4, 0.5) is 5.82 Å². The van der Waals surface area contributed by atoms with E-state index in [1.54, 1.807) is 0 Å². The van der Waals surface area contributed by atoms with E-state index in [-0.39, 0.29) is 13.2 Å². The van der Waals surface area contributed by atoms with Crippen molar-refractivity contribution < 1.29 is 9.84 Å². The predicted molar refractivity (Wildman–Crippen MR) is 101 cm³/mol. The van der Waals surface area contributed by atoms with E-state index >= 15 is 0 Å². The van der Waals surface area contributed by atoms with E-state index in [2.05, 4.69) is 9.97 Å². The Morgan fingerprint density at radius 3 is 2.69 bits per heavy atom. The zero-order valence-corrected chi connectivity index (χ0v) is 14.0. The Labute approximate surface area is 150 Å². The monoisotopic (exact) mass is 346 g/mol. The van der Waals surface area contributed by atoms with Crippen LogP contribution < -0.4 is 10.5 Å². The summed E-state index contributed by atoms with van der Waals surface area (Å²) >= 11 is 0. The van der Waals surface area contributed by atoms with Crippen LogP contribution in [0.1, 0.15) is 0 Å². The standard InChI is InChI=1S/C20H18N4O2/c21-19-18-17(14-5-2-1-3-6-14)12-24(20(18)23-13-22-19)15-7-4-8-16(11-15)26-10-9-25/h1-8,11-13,25H,9-10H2,(H2,21,22,23). The average molecular weight is 346 g/mol. The molecule has 6 heteroatoms. The van der Waals surface area contributed by atoms with Gasteiger partial charge in [0, 0.05) is 17.8 Å². The lowest BCUT2D eigenvalue weighted by atomic mass is 10.1. The number of fused-ring (bicyclic) bond motifs is 1. The van der Waals surface area contributed by atoms with Crippen molar-refractivity contribution in [2.75, 3.05) is 18.9 Å². The Morgan fingerprint density at radius 1 is 1.04 bits per heavy atom. The van der Waals surface area contributed by atoms with Crippen LogP contribution in [0.25, 0.3) is 27.8 Å². The van der Waals surface area contributed by atoms with Crippen molar-refractivity contribution in [2.45, 2.75) is 0 Å². The molecule has 3 N–H and O–H groups in total. The van der Waals surface area contributed by atoms with Gasteiger partial charge in [0.15, 0.2) is 5.65 Å². The molecule has 0 atom stereocenters. The Kier molecular flexibility index (Phi) is 4.25. The fourth-order valence-electron chi connectivity index (χ4n) is 3.01. The van der Waals surface area contributed by atoms with Crippen molar-refractivity contribution in [1.29, 1.82) is 0 Å². The summed E-state index contributed by atoms with van der Waals surface area (Å²) in [7, 11) is 0. The van der Waals surface area contributed by atoms with Crippen LogP contribution in [0.2, 0.25) is 0 Å². The van der Waals surface area contributed by atoms with E-state index in [0.29, 0.717) is 11.6 Å². The summed E-state index contributed by atoms with van der Waals surface area (Å²) in [5, 5.41) is 9.77. The molecule has 2 heterocycles. The van der Waals surface area contributed by atoms with Gasteiger partial charge < -0.3 is 20.1 Å². The molecule has 0 radical (unpaired) electrons. The fraction of sp³-hybridized carbons (Fsp3) is 0.100. The van der Waals surface area contributed by atoms with Crippen molar-refractivity contribution >= 4 is 16.9 Å². The molecule has 0 saturated carbocycles. The molecule has 130 valence electrons. The molecule has 2 aromatic heterocycles. The molecular weight excluding hydrogens is 328 g/mol. The zero-order valence-electron chi connectivity index (χ0n) is 14.0. The van der Waals surface area contributed by atoms with Gasteiger partial charge in [-0.1, -0.05) is 36.4 Å². The van der Waals surface area contributed by atoms with Crippen LogP contribution in [0, 0.1) is 0 Å². The lowest BCUT2D eigenvalue weighted by Crippen LogP contribution is -2.02. The number of ether oxygens (including phenoxy) is 1. The van der Waals surface area contributed by atoms with E-state index in [0.717, 1.165) is 27.8 Å². The number of rotatable bonds is 5. The number of hydrogen-bond acceptors (Lipinski definition) is 5. The number of nitrogen functional groups attached to an aromatic ring is 1. The smallest absolute Gasteiger partial charge is 0.150 e. The summed E-state index contributed by atoms with van der Waals surface area (Å²) in [4.78, 5) is 8.61. The summed E-state index contributed by atoms with van der Waals surface area (Å²) in [6.45, 7) is 0.221. The molecule has 0 fully saturated rings. The van der Waals surface area contributed by atoms with Gasteiger partial charge in [-0.3, -0.25) is 0 Å². The number of aromatic nitrogens is 3. The number of anilines is 1. The summed E-state index contributed by atoms with van der Waals surface area (Å²) in [5.74, 6) is 1.13. The third-order valence-corrected chi connectivity index (χ3v) is 4.15. The number of aliphatic hydroxyl groups excluding tert-OH is 1. The second kappa shape index (κ2) is 6.85. The van der Waals surface area contributed by atoms with E-state index in [1.165, 1.54) is 6.33 Å². The highest BCUT2D eigenvalue weighted by Crippen LogP contribution is 2.34. The Balaban J connectivity index is 1.90. The third kappa shape index (κ3) is 2.87. The van der Waals surface area contributed by atoms with E-state index < -0.39 is 0 Å². The number of nitrogens with two attached hydrogens (primary N) is 1. The zero-order chi connectivity index (χ0) is 17.9. The maximum absolute atomic E-state index is 8.95. The first-order chi connectivity index (χ1) is 12.8. The second-order valence-corrected chi connectivity index (χ2v) is 5.81. The van der Waals surface area contributed by atoms with E-state index in [9.17, 15) is 0 Å². The maximum atomic E-state index is 8.95. The fourth-order valence-corrected chi connectivity index (χ4v) is 3.01. The maximum Gasteiger partial charge on any atom is 0.150 e. The van der Waals surface area contributed by atoms with Crippen molar-refractivity contribution in [1.82, 2.24) is 14.5 Å².